The summed E-state index contributed by atoms with van der Waals surface area (Å²) in [5.74, 6) is 1.04. The van der Waals surface area contributed by atoms with Crippen LogP contribution in [0.15, 0.2) is 29.2 Å². The van der Waals surface area contributed by atoms with Crippen molar-refractivity contribution in [3.63, 3.8) is 0 Å². The molecule has 1 unspecified atom stereocenters. The molecule has 2 nitrogen and oxygen atoms in total. The molecule has 0 saturated carbocycles. The number of nitrogens with one attached hydrogen (secondary N) is 1. The van der Waals surface area contributed by atoms with Gasteiger partial charge in [-0.15, -0.1) is 11.8 Å². The molecule has 1 atom stereocenters. The second-order valence-electron chi connectivity index (χ2n) is 3.82. The van der Waals surface area contributed by atoms with Crippen LogP contribution in [0.1, 0.15) is 5.56 Å². The Morgan fingerprint density at radius 1 is 1.40 bits per heavy atom. The molecule has 0 aromatic heterocycles. The second kappa shape index (κ2) is 5.54. The first kappa shape index (κ1) is 11.0. The predicted octanol–water partition coefficient (Wildman–Crippen LogP) is 2.08. The van der Waals surface area contributed by atoms with Crippen LogP contribution in [0.3, 0.4) is 0 Å². The van der Waals surface area contributed by atoms with E-state index < -0.39 is 0 Å². The van der Waals surface area contributed by atoms with Crippen LogP contribution >= 0.6 is 11.8 Å². The number of aryl methyl sites for hydroxylation is 1. The molecule has 82 valence electrons. The standard InChI is InChI=1S/C12H17NOS/c1-10-2-4-12(5-3-10)15-9-11-8-13-6-7-14-11/h2-5,11,13H,6-9H2,1H3. The van der Waals surface area contributed by atoms with Gasteiger partial charge in [0.15, 0.2) is 0 Å². The molecule has 0 spiro atoms. The van der Waals surface area contributed by atoms with E-state index in [9.17, 15) is 0 Å². The smallest absolute Gasteiger partial charge is 0.0793 e. The molecule has 15 heavy (non-hydrogen) atoms. The molecular formula is C12H17NOS. The lowest BCUT2D eigenvalue weighted by molar-refractivity contribution is 0.0441. The third kappa shape index (κ3) is 3.52. The van der Waals surface area contributed by atoms with Gasteiger partial charge in [-0.2, -0.15) is 0 Å². The van der Waals surface area contributed by atoms with Crippen molar-refractivity contribution in [1.82, 2.24) is 5.32 Å². The van der Waals surface area contributed by atoms with Gasteiger partial charge in [-0.25, -0.2) is 0 Å². The van der Waals surface area contributed by atoms with Crippen LogP contribution in [0.25, 0.3) is 0 Å². The molecule has 0 bridgehead atoms. The minimum atomic E-state index is 0.366. The first-order valence-corrected chi connectivity index (χ1v) is 6.35. The van der Waals surface area contributed by atoms with Gasteiger partial charge in [-0.3, -0.25) is 0 Å². The van der Waals surface area contributed by atoms with Gasteiger partial charge in [0, 0.05) is 23.7 Å². The van der Waals surface area contributed by atoms with Crippen molar-refractivity contribution in [1.29, 1.82) is 0 Å². The summed E-state index contributed by atoms with van der Waals surface area (Å²) in [5, 5.41) is 3.34. The Labute approximate surface area is 95.4 Å². The molecule has 3 heteroatoms. The highest BCUT2D eigenvalue weighted by Crippen LogP contribution is 2.20. The van der Waals surface area contributed by atoms with Gasteiger partial charge in [-0.05, 0) is 19.1 Å². The van der Waals surface area contributed by atoms with Gasteiger partial charge >= 0.3 is 0 Å². The lowest BCUT2D eigenvalue weighted by Crippen LogP contribution is -2.39. The molecule has 1 saturated heterocycles. The number of rotatable bonds is 3. The summed E-state index contributed by atoms with van der Waals surface area (Å²) >= 11 is 1.87. The Bertz CT molecular complexity index is 293. The van der Waals surface area contributed by atoms with E-state index in [4.69, 9.17) is 4.74 Å². The van der Waals surface area contributed by atoms with Crippen LogP contribution in [-0.2, 0) is 4.74 Å². The van der Waals surface area contributed by atoms with Crippen molar-refractivity contribution in [3.8, 4) is 0 Å². The van der Waals surface area contributed by atoms with Gasteiger partial charge in [0.05, 0.1) is 12.7 Å². The zero-order valence-corrected chi connectivity index (χ0v) is 9.85. The second-order valence-corrected chi connectivity index (χ2v) is 4.91. The van der Waals surface area contributed by atoms with E-state index >= 15 is 0 Å². The highest BCUT2D eigenvalue weighted by molar-refractivity contribution is 7.99. The van der Waals surface area contributed by atoms with Gasteiger partial charge < -0.3 is 10.1 Å². The van der Waals surface area contributed by atoms with E-state index in [0.717, 1.165) is 25.4 Å². The van der Waals surface area contributed by atoms with Crippen molar-refractivity contribution in [2.75, 3.05) is 25.4 Å². The summed E-state index contributed by atoms with van der Waals surface area (Å²) in [6.45, 7) is 4.94. The van der Waals surface area contributed by atoms with Crippen molar-refractivity contribution in [2.45, 2.75) is 17.9 Å². The zero-order chi connectivity index (χ0) is 10.5. The number of hydrogen-bond donors (Lipinski definition) is 1. The number of ether oxygens (including phenoxy) is 1. The fourth-order valence-corrected chi connectivity index (χ4v) is 2.47. The van der Waals surface area contributed by atoms with Crippen LogP contribution < -0.4 is 5.32 Å². The largest absolute Gasteiger partial charge is 0.375 e. The van der Waals surface area contributed by atoms with Crippen molar-refractivity contribution in [2.24, 2.45) is 0 Å². The van der Waals surface area contributed by atoms with E-state index in [2.05, 4.69) is 36.5 Å². The summed E-state index contributed by atoms with van der Waals surface area (Å²) in [7, 11) is 0. The maximum absolute atomic E-state index is 5.64. The third-order valence-electron chi connectivity index (χ3n) is 2.46. The van der Waals surface area contributed by atoms with Gasteiger partial charge in [0.25, 0.3) is 0 Å². The summed E-state index contributed by atoms with van der Waals surface area (Å²) in [6.07, 6.45) is 0.366. The minimum Gasteiger partial charge on any atom is -0.375 e. The van der Waals surface area contributed by atoms with E-state index in [-0.39, 0.29) is 0 Å². The van der Waals surface area contributed by atoms with Crippen LogP contribution in [-0.4, -0.2) is 31.6 Å². The molecule has 1 aromatic carbocycles. The number of hydrogen-bond acceptors (Lipinski definition) is 3. The summed E-state index contributed by atoms with van der Waals surface area (Å²) in [5.41, 5.74) is 1.31. The third-order valence-corrected chi connectivity index (χ3v) is 3.61. The highest BCUT2D eigenvalue weighted by atomic mass is 32.2. The van der Waals surface area contributed by atoms with Crippen LogP contribution in [0, 0.1) is 6.92 Å². The average molecular weight is 223 g/mol. The fraction of sp³-hybridized carbons (Fsp3) is 0.500. The van der Waals surface area contributed by atoms with E-state index in [1.807, 2.05) is 11.8 Å². The molecule has 1 aromatic rings. The predicted molar refractivity (Wildman–Crippen MR) is 64.5 cm³/mol. The highest BCUT2D eigenvalue weighted by Gasteiger charge is 2.12. The van der Waals surface area contributed by atoms with Crippen LogP contribution in [0.5, 0.6) is 0 Å². The monoisotopic (exact) mass is 223 g/mol. The number of morpholine rings is 1. The Kier molecular flexibility index (Phi) is 4.06. The molecule has 2 rings (SSSR count). The summed E-state index contributed by atoms with van der Waals surface area (Å²) in [4.78, 5) is 1.33. The average Bonchev–Trinajstić information content (AvgIpc) is 2.30. The van der Waals surface area contributed by atoms with Crippen molar-refractivity contribution < 1.29 is 4.74 Å². The Morgan fingerprint density at radius 2 is 2.20 bits per heavy atom. The molecule has 0 amide bonds. The van der Waals surface area contributed by atoms with Crippen LogP contribution in [0.2, 0.25) is 0 Å². The molecule has 1 heterocycles. The maximum Gasteiger partial charge on any atom is 0.0793 e. The van der Waals surface area contributed by atoms with E-state index in [1.165, 1.54) is 10.5 Å². The lowest BCUT2D eigenvalue weighted by Gasteiger charge is -2.23. The SMILES string of the molecule is Cc1ccc(SCC2CNCCO2)cc1. The molecule has 0 radical (unpaired) electrons. The van der Waals surface area contributed by atoms with Crippen molar-refractivity contribution in [3.05, 3.63) is 29.8 Å². The van der Waals surface area contributed by atoms with Crippen LogP contribution in [0.4, 0.5) is 0 Å². The Balaban J connectivity index is 1.79. The fourth-order valence-electron chi connectivity index (χ4n) is 1.55. The van der Waals surface area contributed by atoms with Crippen molar-refractivity contribution >= 4 is 11.8 Å². The van der Waals surface area contributed by atoms with Gasteiger partial charge in [-0.1, -0.05) is 17.7 Å². The van der Waals surface area contributed by atoms with E-state index in [1.54, 1.807) is 0 Å². The molecule has 0 aliphatic carbocycles. The number of thioether (sulfide) groups is 1. The Morgan fingerprint density at radius 3 is 2.87 bits per heavy atom. The number of benzene rings is 1. The minimum absolute atomic E-state index is 0.366. The topological polar surface area (TPSA) is 21.3 Å². The molecule has 1 fully saturated rings. The zero-order valence-electron chi connectivity index (χ0n) is 9.03. The summed E-state index contributed by atoms with van der Waals surface area (Å²) < 4.78 is 5.64. The lowest BCUT2D eigenvalue weighted by atomic mass is 10.2. The first-order chi connectivity index (χ1) is 7.34. The van der Waals surface area contributed by atoms with Gasteiger partial charge in [0.1, 0.15) is 0 Å². The Hall–Kier alpha value is -0.510. The van der Waals surface area contributed by atoms with E-state index in [0.29, 0.717) is 6.10 Å². The normalized spacial score (nSPS) is 21.5. The summed E-state index contributed by atoms with van der Waals surface area (Å²) in [6, 6.07) is 8.66. The first-order valence-electron chi connectivity index (χ1n) is 5.36. The molecule has 1 aliphatic heterocycles. The maximum atomic E-state index is 5.64. The molecular weight excluding hydrogens is 206 g/mol. The molecule has 1 N–H and O–H groups in total. The quantitative estimate of drug-likeness (QED) is 0.793. The molecule has 1 aliphatic rings. The van der Waals surface area contributed by atoms with Gasteiger partial charge in [0.2, 0.25) is 0 Å².